The summed E-state index contributed by atoms with van der Waals surface area (Å²) in [5, 5.41) is 10.4. The van der Waals surface area contributed by atoms with Crippen molar-refractivity contribution in [1.29, 1.82) is 0 Å². The van der Waals surface area contributed by atoms with E-state index in [4.69, 9.17) is 4.74 Å². The Hall–Kier alpha value is -3.49. The van der Waals surface area contributed by atoms with Gasteiger partial charge in [-0.3, -0.25) is 4.79 Å². The number of methoxy groups -OCH3 is 1. The normalized spacial score (nSPS) is 13.7. The van der Waals surface area contributed by atoms with Gasteiger partial charge in [-0.2, -0.15) is 0 Å². The van der Waals surface area contributed by atoms with E-state index < -0.39 is 11.4 Å². The highest BCUT2D eigenvalue weighted by Crippen LogP contribution is 2.30. The van der Waals surface area contributed by atoms with Gasteiger partial charge >= 0.3 is 5.97 Å². The van der Waals surface area contributed by atoms with Gasteiger partial charge in [0.05, 0.1) is 22.5 Å². The summed E-state index contributed by atoms with van der Waals surface area (Å²) in [4.78, 5) is 31.2. The second-order valence-electron chi connectivity index (χ2n) is 8.05. The summed E-state index contributed by atoms with van der Waals surface area (Å²) in [6.07, 6.45) is 3.81. The van der Waals surface area contributed by atoms with Gasteiger partial charge in [-0.25, -0.2) is 9.78 Å². The van der Waals surface area contributed by atoms with Crippen LogP contribution in [0.2, 0.25) is 0 Å². The lowest BCUT2D eigenvalue weighted by atomic mass is 10.1. The van der Waals surface area contributed by atoms with Gasteiger partial charge in [0.1, 0.15) is 10.6 Å². The van der Waals surface area contributed by atoms with Gasteiger partial charge in [-0.1, -0.05) is 12.1 Å². The van der Waals surface area contributed by atoms with Gasteiger partial charge in [0.2, 0.25) is 0 Å². The predicted molar refractivity (Wildman–Crippen MR) is 130 cm³/mol. The fourth-order valence-corrected chi connectivity index (χ4v) is 5.22. The van der Waals surface area contributed by atoms with Crippen LogP contribution >= 0.6 is 11.3 Å². The summed E-state index contributed by atoms with van der Waals surface area (Å²) in [7, 11) is 1.63. The molecule has 0 atom stereocenters. The number of fused-ring (bicyclic) bond motifs is 1. The lowest BCUT2D eigenvalue weighted by Crippen LogP contribution is -2.18. The van der Waals surface area contributed by atoms with Gasteiger partial charge in [0.15, 0.2) is 5.43 Å². The number of hydrogen-bond acceptors (Lipinski definition) is 6. The highest BCUT2D eigenvalue weighted by Gasteiger charge is 2.17. The van der Waals surface area contributed by atoms with Crippen molar-refractivity contribution in [3.8, 4) is 16.9 Å². The van der Waals surface area contributed by atoms with E-state index in [0.29, 0.717) is 12.3 Å². The average Bonchev–Trinajstić information content (AvgIpc) is 3.48. The summed E-state index contributed by atoms with van der Waals surface area (Å²) in [6.45, 7) is 2.54. The molecular formula is C25H23N3O4S. The molecule has 1 N–H and O–H groups in total. The Morgan fingerprint density at radius 2 is 1.82 bits per heavy atom. The summed E-state index contributed by atoms with van der Waals surface area (Å²) in [6, 6.07) is 15.2. The van der Waals surface area contributed by atoms with Gasteiger partial charge in [-0.05, 0) is 48.7 Å². The molecule has 0 spiro atoms. The second-order valence-corrected chi connectivity index (χ2v) is 9.16. The molecule has 3 heterocycles. The predicted octanol–water partition coefficient (Wildman–Crippen LogP) is 4.56. The van der Waals surface area contributed by atoms with Crippen LogP contribution in [-0.2, 0) is 11.3 Å². The first-order chi connectivity index (χ1) is 16.0. The SMILES string of the molecule is COCc1nc2ccc(-n3cc(C(=O)O)c(=O)cc3-c3ccc(N4CCCC4)cc3)cc2s1. The molecule has 33 heavy (non-hydrogen) atoms. The molecular weight excluding hydrogens is 438 g/mol. The summed E-state index contributed by atoms with van der Waals surface area (Å²) < 4.78 is 7.92. The van der Waals surface area contributed by atoms with Crippen molar-refractivity contribution in [2.24, 2.45) is 0 Å². The molecule has 2 aromatic carbocycles. The first kappa shape index (κ1) is 21.4. The third kappa shape index (κ3) is 4.15. The summed E-state index contributed by atoms with van der Waals surface area (Å²) >= 11 is 1.53. The number of aromatic nitrogens is 2. The molecule has 1 aliphatic heterocycles. The zero-order valence-electron chi connectivity index (χ0n) is 18.2. The molecule has 0 radical (unpaired) electrons. The standard InChI is InChI=1S/C25H23N3O4S/c1-32-15-24-26-20-9-8-18(12-23(20)33-24)28-14-19(25(30)31)22(29)13-21(28)16-4-6-17(7-5-16)27-10-2-3-11-27/h4-9,12-14H,2-3,10-11,15H2,1H3,(H,30,31). The monoisotopic (exact) mass is 461 g/mol. The molecule has 4 aromatic rings. The molecule has 0 amide bonds. The minimum Gasteiger partial charge on any atom is -0.477 e. The Balaban J connectivity index is 1.62. The van der Waals surface area contributed by atoms with Crippen LogP contribution < -0.4 is 10.3 Å². The molecule has 1 aliphatic rings. The molecule has 7 nitrogen and oxygen atoms in total. The summed E-state index contributed by atoms with van der Waals surface area (Å²) in [5.41, 5.74) is 3.47. The molecule has 0 aliphatic carbocycles. The Bertz CT molecular complexity index is 1390. The number of aromatic carboxylic acids is 1. The summed E-state index contributed by atoms with van der Waals surface area (Å²) in [5.74, 6) is -1.24. The number of pyridine rings is 1. The Morgan fingerprint density at radius 3 is 2.52 bits per heavy atom. The highest BCUT2D eigenvalue weighted by molar-refractivity contribution is 7.18. The molecule has 1 fully saturated rings. The van der Waals surface area contributed by atoms with Gasteiger partial charge in [0, 0.05) is 43.8 Å². The third-order valence-electron chi connectivity index (χ3n) is 5.88. The van der Waals surface area contributed by atoms with Crippen molar-refractivity contribution in [2.75, 3.05) is 25.1 Å². The Labute approximate surface area is 194 Å². The second kappa shape index (κ2) is 8.80. The first-order valence-electron chi connectivity index (χ1n) is 10.8. The molecule has 5 rings (SSSR count). The van der Waals surface area contributed by atoms with Crippen LogP contribution in [-0.4, -0.2) is 40.8 Å². The van der Waals surface area contributed by atoms with Crippen molar-refractivity contribution in [1.82, 2.24) is 9.55 Å². The van der Waals surface area contributed by atoms with E-state index in [-0.39, 0.29) is 5.56 Å². The lowest BCUT2D eigenvalue weighted by molar-refractivity contribution is 0.0695. The Morgan fingerprint density at radius 1 is 1.09 bits per heavy atom. The van der Waals surface area contributed by atoms with Crippen LogP contribution in [0.25, 0.3) is 27.2 Å². The van der Waals surface area contributed by atoms with Crippen LogP contribution in [0.1, 0.15) is 28.2 Å². The smallest absolute Gasteiger partial charge is 0.341 e. The van der Waals surface area contributed by atoms with Crippen molar-refractivity contribution in [2.45, 2.75) is 19.4 Å². The molecule has 2 aromatic heterocycles. The van der Waals surface area contributed by atoms with Crippen LogP contribution in [0.15, 0.2) is 59.5 Å². The topological polar surface area (TPSA) is 84.7 Å². The number of benzene rings is 2. The first-order valence-corrected chi connectivity index (χ1v) is 11.6. The van der Waals surface area contributed by atoms with Crippen LogP contribution in [0.5, 0.6) is 0 Å². The van der Waals surface area contributed by atoms with Gasteiger partial charge in [-0.15, -0.1) is 11.3 Å². The van der Waals surface area contributed by atoms with Crippen molar-refractivity contribution >= 4 is 33.2 Å². The third-order valence-corrected chi connectivity index (χ3v) is 6.87. The number of anilines is 1. The number of ether oxygens (including phenoxy) is 1. The maximum absolute atomic E-state index is 12.6. The Kier molecular flexibility index (Phi) is 5.70. The number of rotatable bonds is 6. The fraction of sp³-hybridized carbons (Fsp3) is 0.240. The fourth-order valence-electron chi connectivity index (χ4n) is 4.24. The zero-order valence-corrected chi connectivity index (χ0v) is 19.0. The van der Waals surface area contributed by atoms with Crippen molar-refractivity contribution < 1.29 is 14.6 Å². The zero-order chi connectivity index (χ0) is 22.9. The quantitative estimate of drug-likeness (QED) is 0.453. The molecule has 1 saturated heterocycles. The van der Waals surface area contributed by atoms with Crippen LogP contribution in [0, 0.1) is 0 Å². The van der Waals surface area contributed by atoms with Crippen molar-refractivity contribution in [3.63, 3.8) is 0 Å². The van der Waals surface area contributed by atoms with E-state index in [0.717, 1.165) is 45.3 Å². The van der Waals surface area contributed by atoms with Gasteiger partial charge in [0.25, 0.3) is 0 Å². The van der Waals surface area contributed by atoms with E-state index in [1.807, 2.05) is 30.3 Å². The maximum Gasteiger partial charge on any atom is 0.341 e. The molecule has 168 valence electrons. The highest BCUT2D eigenvalue weighted by atomic mass is 32.1. The molecule has 8 heteroatoms. The lowest BCUT2D eigenvalue weighted by Gasteiger charge is -2.19. The van der Waals surface area contributed by atoms with Gasteiger partial charge < -0.3 is 19.3 Å². The minimum absolute atomic E-state index is 0.267. The molecule has 0 bridgehead atoms. The van der Waals surface area contributed by atoms with E-state index >= 15 is 0 Å². The van der Waals surface area contributed by atoms with Crippen molar-refractivity contribution in [3.05, 3.63) is 75.5 Å². The number of thiazole rings is 1. The van der Waals surface area contributed by atoms with E-state index in [1.165, 1.54) is 36.4 Å². The number of carbonyl (C=O) groups is 1. The van der Waals surface area contributed by atoms with Crippen LogP contribution in [0.3, 0.4) is 0 Å². The number of carboxylic acids is 1. The largest absolute Gasteiger partial charge is 0.477 e. The maximum atomic E-state index is 12.6. The number of carboxylic acid groups (broad SMARTS) is 1. The molecule has 0 unspecified atom stereocenters. The average molecular weight is 462 g/mol. The number of hydrogen-bond donors (Lipinski definition) is 1. The number of nitrogens with zero attached hydrogens (tertiary/aromatic N) is 3. The van der Waals surface area contributed by atoms with E-state index in [2.05, 4.69) is 22.0 Å². The van der Waals surface area contributed by atoms with E-state index in [9.17, 15) is 14.7 Å². The molecule has 0 saturated carbocycles. The van der Waals surface area contributed by atoms with Crippen LogP contribution in [0.4, 0.5) is 5.69 Å². The minimum atomic E-state index is -1.24. The van der Waals surface area contributed by atoms with E-state index in [1.54, 1.807) is 11.7 Å².